The summed E-state index contributed by atoms with van der Waals surface area (Å²) < 4.78 is 6.00. The summed E-state index contributed by atoms with van der Waals surface area (Å²) in [6.07, 6.45) is 4.33. The van der Waals surface area contributed by atoms with Crippen molar-refractivity contribution in [1.82, 2.24) is 0 Å². The molecule has 88 valence electrons. The first-order chi connectivity index (χ1) is 6.99. The second kappa shape index (κ2) is 4.13. The molecule has 0 spiro atoms. The molecule has 0 aromatic carbocycles. The highest BCUT2D eigenvalue weighted by Crippen LogP contribution is 2.46. The van der Waals surface area contributed by atoms with E-state index >= 15 is 0 Å². The van der Waals surface area contributed by atoms with Crippen LogP contribution in [0, 0.1) is 5.92 Å². The maximum absolute atomic E-state index is 5.58. The first-order valence-electron chi connectivity index (χ1n) is 5.55. The largest absolute Gasteiger partial charge is 0.351 e. The van der Waals surface area contributed by atoms with Crippen LogP contribution in [-0.2, 0) is 14.5 Å². The van der Waals surface area contributed by atoms with E-state index in [1.807, 2.05) is 0 Å². The van der Waals surface area contributed by atoms with Crippen molar-refractivity contribution in [2.24, 2.45) is 5.92 Å². The maximum atomic E-state index is 5.58. The zero-order valence-corrected chi connectivity index (χ0v) is 11.7. The summed E-state index contributed by atoms with van der Waals surface area (Å²) in [6, 6.07) is 0. The number of rotatable bonds is 1. The van der Waals surface area contributed by atoms with Gasteiger partial charge in [0.25, 0.3) is 0 Å². The fourth-order valence-electron chi connectivity index (χ4n) is 2.58. The van der Waals surface area contributed by atoms with Crippen molar-refractivity contribution in [3.05, 3.63) is 0 Å². The number of hydrogen-bond acceptors (Lipinski definition) is 3. The van der Waals surface area contributed by atoms with Gasteiger partial charge in [0.2, 0.25) is 5.79 Å². The number of alkyl halides is 1. The predicted molar refractivity (Wildman–Crippen MR) is 65.8 cm³/mol. The Hall–Kier alpha value is 0.610. The van der Waals surface area contributed by atoms with Gasteiger partial charge in [-0.15, -0.1) is 0 Å². The summed E-state index contributed by atoms with van der Waals surface area (Å²) in [5.41, 5.74) is -0.226. The molecule has 1 aliphatic carbocycles. The van der Waals surface area contributed by atoms with Crippen molar-refractivity contribution in [3.63, 3.8) is 0 Å². The van der Waals surface area contributed by atoms with Crippen molar-refractivity contribution in [2.45, 2.75) is 54.8 Å². The average molecular weight is 326 g/mol. The molecular weight excluding hydrogens is 307 g/mol. The molecule has 0 radical (unpaired) electrons. The van der Waals surface area contributed by atoms with Gasteiger partial charge in [-0.1, -0.05) is 22.6 Å². The first-order valence-corrected chi connectivity index (χ1v) is 6.80. The lowest BCUT2D eigenvalue weighted by molar-refractivity contribution is -0.453. The van der Waals surface area contributed by atoms with Crippen LogP contribution in [0.1, 0.15) is 39.5 Å². The van der Waals surface area contributed by atoms with Gasteiger partial charge in [-0.05, 0) is 32.6 Å². The van der Waals surface area contributed by atoms with E-state index in [-0.39, 0.29) is 5.60 Å². The molecule has 2 bridgehead atoms. The Labute approximate surface area is 105 Å². The van der Waals surface area contributed by atoms with Crippen molar-refractivity contribution in [1.29, 1.82) is 0 Å². The van der Waals surface area contributed by atoms with E-state index in [1.54, 1.807) is 7.11 Å². The third kappa shape index (κ3) is 2.18. The van der Waals surface area contributed by atoms with Crippen LogP contribution in [0.5, 0.6) is 0 Å². The van der Waals surface area contributed by atoms with Crippen LogP contribution in [0.2, 0.25) is 0 Å². The smallest absolute Gasteiger partial charge is 0.201 e. The first kappa shape index (κ1) is 12.1. The Balaban J connectivity index is 2.23. The molecule has 0 aromatic rings. The van der Waals surface area contributed by atoms with Crippen molar-refractivity contribution in [2.75, 3.05) is 7.11 Å². The topological polar surface area (TPSA) is 27.7 Å². The molecule has 1 saturated carbocycles. The third-order valence-electron chi connectivity index (χ3n) is 3.56. The molecule has 2 unspecified atom stereocenters. The lowest BCUT2D eigenvalue weighted by Crippen LogP contribution is -2.39. The van der Waals surface area contributed by atoms with E-state index in [0.29, 0.717) is 9.84 Å². The molecule has 4 heteroatoms. The molecule has 15 heavy (non-hydrogen) atoms. The highest BCUT2D eigenvalue weighted by molar-refractivity contribution is 14.1. The lowest BCUT2D eigenvalue weighted by atomic mass is 9.79. The average Bonchev–Trinajstić information content (AvgIpc) is 2.31. The summed E-state index contributed by atoms with van der Waals surface area (Å²) in [7, 11) is 1.71. The summed E-state index contributed by atoms with van der Waals surface area (Å²) in [5, 5.41) is 0. The second-order valence-electron chi connectivity index (χ2n) is 5.14. The van der Waals surface area contributed by atoms with E-state index in [9.17, 15) is 0 Å². The summed E-state index contributed by atoms with van der Waals surface area (Å²) >= 11 is 2.49. The molecule has 1 saturated heterocycles. The van der Waals surface area contributed by atoms with Crippen molar-refractivity contribution < 1.29 is 14.5 Å². The zero-order valence-electron chi connectivity index (χ0n) is 9.59. The standard InChI is InChI=1S/C11H19IO3/c1-10(2)9(12)8-5-4-6-11(7-8,13-3)15-14-10/h8-9H,4-7H2,1-3H3/t8-,9?,11?/m0/s1. The molecular formula is C11H19IO3. The van der Waals surface area contributed by atoms with Crippen molar-refractivity contribution >= 4 is 22.6 Å². The van der Waals surface area contributed by atoms with Gasteiger partial charge in [0.05, 0.1) is 0 Å². The number of halogens is 1. The molecule has 1 heterocycles. The minimum atomic E-state index is -0.486. The number of fused-ring (bicyclic) bond motifs is 2. The minimum absolute atomic E-state index is 0.226. The van der Waals surface area contributed by atoms with E-state index in [1.165, 1.54) is 6.42 Å². The van der Waals surface area contributed by atoms with Crippen LogP contribution in [0.25, 0.3) is 0 Å². The Morgan fingerprint density at radius 1 is 1.33 bits per heavy atom. The predicted octanol–water partition coefficient (Wildman–Crippen LogP) is 3.06. The Morgan fingerprint density at radius 3 is 2.73 bits per heavy atom. The van der Waals surface area contributed by atoms with Crippen LogP contribution < -0.4 is 0 Å². The van der Waals surface area contributed by atoms with Gasteiger partial charge in [0.1, 0.15) is 5.60 Å². The number of hydrogen-bond donors (Lipinski definition) is 0. The molecule has 2 fully saturated rings. The van der Waals surface area contributed by atoms with E-state index in [0.717, 1.165) is 19.3 Å². The zero-order chi connectivity index (χ0) is 11.1. The molecule has 0 N–H and O–H groups in total. The monoisotopic (exact) mass is 326 g/mol. The normalized spacial score (nSPS) is 44.8. The van der Waals surface area contributed by atoms with Gasteiger partial charge < -0.3 is 4.74 Å². The summed E-state index contributed by atoms with van der Waals surface area (Å²) in [5.74, 6) is 0.150. The van der Waals surface area contributed by atoms with Gasteiger partial charge in [0, 0.05) is 23.9 Å². The van der Waals surface area contributed by atoms with Gasteiger partial charge in [-0.25, -0.2) is 9.78 Å². The molecule has 0 amide bonds. The van der Waals surface area contributed by atoms with Crippen LogP contribution in [-0.4, -0.2) is 22.4 Å². The number of ether oxygens (including phenoxy) is 1. The second-order valence-corrected chi connectivity index (χ2v) is 6.49. The van der Waals surface area contributed by atoms with Gasteiger partial charge in [-0.2, -0.15) is 0 Å². The Morgan fingerprint density at radius 2 is 2.07 bits per heavy atom. The molecule has 3 nitrogen and oxygen atoms in total. The van der Waals surface area contributed by atoms with Crippen LogP contribution in [0.15, 0.2) is 0 Å². The lowest BCUT2D eigenvalue weighted by Gasteiger charge is -2.36. The van der Waals surface area contributed by atoms with E-state index in [2.05, 4.69) is 36.4 Å². The minimum Gasteiger partial charge on any atom is -0.351 e. The summed E-state index contributed by atoms with van der Waals surface area (Å²) in [6.45, 7) is 4.18. The van der Waals surface area contributed by atoms with Gasteiger partial charge >= 0.3 is 0 Å². The Bertz CT molecular complexity index is 244. The molecule has 0 aromatic heterocycles. The maximum Gasteiger partial charge on any atom is 0.201 e. The van der Waals surface area contributed by atoms with Crippen LogP contribution in [0.3, 0.4) is 0 Å². The third-order valence-corrected chi connectivity index (χ3v) is 6.08. The quantitative estimate of drug-likeness (QED) is 0.421. The summed E-state index contributed by atoms with van der Waals surface area (Å²) in [4.78, 5) is 11.1. The van der Waals surface area contributed by atoms with Crippen LogP contribution in [0.4, 0.5) is 0 Å². The highest BCUT2D eigenvalue weighted by atomic mass is 127. The van der Waals surface area contributed by atoms with E-state index in [4.69, 9.17) is 14.5 Å². The molecule has 3 atom stereocenters. The number of methoxy groups -OCH3 is 1. The van der Waals surface area contributed by atoms with Crippen molar-refractivity contribution in [3.8, 4) is 0 Å². The van der Waals surface area contributed by atoms with Gasteiger partial charge in [0.15, 0.2) is 0 Å². The molecule has 2 aliphatic rings. The van der Waals surface area contributed by atoms with E-state index < -0.39 is 5.79 Å². The highest BCUT2D eigenvalue weighted by Gasteiger charge is 2.49. The fourth-order valence-corrected chi connectivity index (χ4v) is 3.30. The Kier molecular flexibility index (Phi) is 3.32. The SMILES string of the molecule is COC12CCC[C@@H](C1)C(I)C(C)(C)OO2. The molecule has 1 aliphatic heterocycles. The van der Waals surface area contributed by atoms with Gasteiger partial charge in [-0.3, -0.25) is 0 Å². The van der Waals surface area contributed by atoms with Crippen LogP contribution >= 0.6 is 22.6 Å². The molecule has 2 rings (SSSR count). The fraction of sp³-hybridized carbons (Fsp3) is 1.00.